The van der Waals surface area contributed by atoms with Crippen LogP contribution in [-0.4, -0.2) is 57.0 Å². The van der Waals surface area contributed by atoms with Crippen LogP contribution in [0.3, 0.4) is 0 Å². The molecular weight excluding hydrogens is 386 g/mol. The molecule has 0 bridgehead atoms. The van der Waals surface area contributed by atoms with Crippen LogP contribution >= 0.6 is 0 Å². The van der Waals surface area contributed by atoms with Crippen LogP contribution in [0, 0.1) is 11.3 Å². The number of hydrogen-bond donors (Lipinski definition) is 0. The van der Waals surface area contributed by atoms with Gasteiger partial charge in [-0.25, -0.2) is 4.68 Å². The number of hydrogen-bond acceptors (Lipinski definition) is 8. The molecule has 1 fully saturated rings. The highest BCUT2D eigenvalue weighted by Gasteiger charge is 2.27. The Morgan fingerprint density at radius 3 is 2.73 bits per heavy atom. The molecule has 0 aliphatic carbocycles. The van der Waals surface area contributed by atoms with Crippen LogP contribution < -0.4 is 4.90 Å². The molecule has 30 heavy (non-hydrogen) atoms. The van der Waals surface area contributed by atoms with Crippen molar-refractivity contribution in [1.29, 1.82) is 5.26 Å². The molecule has 5 rings (SSSR count). The SMILES string of the molecule is N#Cc1nc(-c2ccco2)oc1N1CCN(C(=O)Cn2nnc3ccccc32)CC1. The summed E-state index contributed by atoms with van der Waals surface area (Å²) in [5.74, 6) is 1.10. The second-order valence-corrected chi connectivity index (χ2v) is 6.87. The number of piperazine rings is 1. The van der Waals surface area contributed by atoms with Crippen LogP contribution in [0.4, 0.5) is 5.88 Å². The van der Waals surface area contributed by atoms with Gasteiger partial charge in [-0.1, -0.05) is 17.3 Å². The lowest BCUT2D eigenvalue weighted by Crippen LogP contribution is -2.49. The number of rotatable bonds is 4. The molecule has 0 spiro atoms. The van der Waals surface area contributed by atoms with Gasteiger partial charge < -0.3 is 18.6 Å². The normalized spacial score (nSPS) is 14.2. The fraction of sp³-hybridized carbons (Fsp3) is 0.250. The average Bonchev–Trinajstić information content (AvgIpc) is 3.53. The Kier molecular flexibility index (Phi) is 4.40. The molecule has 1 aromatic carbocycles. The molecule has 0 atom stereocenters. The predicted molar refractivity (Wildman–Crippen MR) is 105 cm³/mol. The summed E-state index contributed by atoms with van der Waals surface area (Å²) in [6, 6.07) is 13.1. The van der Waals surface area contributed by atoms with Gasteiger partial charge in [0.1, 0.15) is 18.1 Å². The lowest BCUT2D eigenvalue weighted by Gasteiger charge is -2.34. The van der Waals surface area contributed by atoms with Crippen molar-refractivity contribution in [1.82, 2.24) is 24.9 Å². The van der Waals surface area contributed by atoms with Gasteiger partial charge in [0, 0.05) is 26.2 Å². The summed E-state index contributed by atoms with van der Waals surface area (Å²) in [5.41, 5.74) is 1.79. The van der Waals surface area contributed by atoms with Gasteiger partial charge in [-0.15, -0.1) is 5.10 Å². The molecule has 1 aliphatic heterocycles. The molecular formula is C20H17N7O3. The first-order chi connectivity index (χ1) is 14.7. The number of oxazole rings is 1. The third-order valence-electron chi connectivity index (χ3n) is 5.07. The van der Waals surface area contributed by atoms with Gasteiger partial charge in [-0.2, -0.15) is 10.2 Å². The van der Waals surface area contributed by atoms with Crippen LogP contribution in [0.1, 0.15) is 5.69 Å². The molecule has 0 saturated carbocycles. The Hall–Kier alpha value is -4.13. The molecule has 1 amide bonds. The average molecular weight is 403 g/mol. The van der Waals surface area contributed by atoms with E-state index >= 15 is 0 Å². The van der Waals surface area contributed by atoms with E-state index in [9.17, 15) is 10.1 Å². The lowest BCUT2D eigenvalue weighted by molar-refractivity contribution is -0.132. The molecule has 150 valence electrons. The van der Waals surface area contributed by atoms with E-state index in [4.69, 9.17) is 8.83 Å². The fourth-order valence-corrected chi connectivity index (χ4v) is 3.53. The third kappa shape index (κ3) is 3.16. The Bertz CT molecular complexity index is 1230. The summed E-state index contributed by atoms with van der Waals surface area (Å²) in [7, 11) is 0. The van der Waals surface area contributed by atoms with Crippen molar-refractivity contribution in [2.45, 2.75) is 6.54 Å². The van der Waals surface area contributed by atoms with Crippen molar-refractivity contribution in [3.63, 3.8) is 0 Å². The number of aromatic nitrogens is 4. The van der Waals surface area contributed by atoms with Crippen LogP contribution in [0.5, 0.6) is 0 Å². The topological polar surface area (TPSA) is 117 Å². The molecule has 0 radical (unpaired) electrons. The second kappa shape index (κ2) is 7.36. The van der Waals surface area contributed by atoms with E-state index in [0.717, 1.165) is 11.0 Å². The highest BCUT2D eigenvalue weighted by molar-refractivity contribution is 5.80. The monoisotopic (exact) mass is 403 g/mol. The largest absolute Gasteiger partial charge is 0.459 e. The lowest BCUT2D eigenvalue weighted by atomic mass is 10.3. The smallest absolute Gasteiger partial charge is 0.266 e. The van der Waals surface area contributed by atoms with Crippen molar-refractivity contribution in [2.75, 3.05) is 31.1 Å². The number of carbonyl (C=O) groups is 1. The van der Waals surface area contributed by atoms with Crippen LogP contribution in [0.2, 0.25) is 0 Å². The highest BCUT2D eigenvalue weighted by atomic mass is 16.4. The van der Waals surface area contributed by atoms with Crippen LogP contribution in [-0.2, 0) is 11.3 Å². The van der Waals surface area contributed by atoms with E-state index in [1.54, 1.807) is 21.7 Å². The molecule has 0 N–H and O–H groups in total. The first kappa shape index (κ1) is 17.9. The van der Waals surface area contributed by atoms with Gasteiger partial charge in [0.2, 0.25) is 17.5 Å². The predicted octanol–water partition coefficient (Wildman–Crippen LogP) is 1.90. The maximum Gasteiger partial charge on any atom is 0.266 e. The Balaban J connectivity index is 1.26. The van der Waals surface area contributed by atoms with Crippen molar-refractivity contribution in [2.24, 2.45) is 0 Å². The summed E-state index contributed by atoms with van der Waals surface area (Å²) in [6.45, 7) is 2.21. The fourth-order valence-electron chi connectivity index (χ4n) is 3.53. The Labute approximate surface area is 170 Å². The summed E-state index contributed by atoms with van der Waals surface area (Å²) in [5, 5.41) is 17.6. The minimum atomic E-state index is -0.0281. The number of furan rings is 1. The number of fused-ring (bicyclic) bond motifs is 1. The van der Waals surface area contributed by atoms with Crippen LogP contribution in [0.25, 0.3) is 22.7 Å². The van der Waals surface area contributed by atoms with Crippen molar-refractivity contribution in [3.05, 3.63) is 48.4 Å². The van der Waals surface area contributed by atoms with Gasteiger partial charge in [0.15, 0.2) is 5.76 Å². The van der Waals surface area contributed by atoms with Crippen molar-refractivity contribution >= 4 is 22.8 Å². The van der Waals surface area contributed by atoms with Gasteiger partial charge in [0.25, 0.3) is 5.89 Å². The highest BCUT2D eigenvalue weighted by Crippen LogP contribution is 2.29. The number of anilines is 1. The number of para-hydroxylation sites is 1. The number of nitrogens with zero attached hydrogens (tertiary/aromatic N) is 7. The minimum Gasteiger partial charge on any atom is -0.459 e. The van der Waals surface area contributed by atoms with E-state index in [0.29, 0.717) is 37.8 Å². The van der Waals surface area contributed by atoms with Crippen LogP contribution in [0.15, 0.2) is 51.5 Å². The zero-order valence-electron chi connectivity index (χ0n) is 15.9. The summed E-state index contributed by atoms with van der Waals surface area (Å²) >= 11 is 0. The standard InChI is InChI=1S/C20H17N7O3/c21-12-15-20(30-19(22-15)17-6-3-11-29-17)26-9-7-25(8-10-26)18(28)13-27-16-5-2-1-4-14(16)23-24-27/h1-6,11H,7-10,13H2. The quantitative estimate of drug-likeness (QED) is 0.507. The van der Waals surface area contributed by atoms with Crippen molar-refractivity contribution in [3.8, 4) is 17.7 Å². The number of nitriles is 1. The van der Waals surface area contributed by atoms with E-state index in [2.05, 4.69) is 21.4 Å². The van der Waals surface area contributed by atoms with Gasteiger partial charge in [-0.3, -0.25) is 4.79 Å². The maximum atomic E-state index is 12.8. The van der Waals surface area contributed by atoms with E-state index in [-0.39, 0.29) is 24.0 Å². The van der Waals surface area contributed by atoms with Gasteiger partial charge in [-0.05, 0) is 24.3 Å². The second-order valence-electron chi connectivity index (χ2n) is 6.87. The molecule has 1 aliphatic rings. The molecule has 0 unspecified atom stereocenters. The summed E-state index contributed by atoms with van der Waals surface area (Å²) in [6.07, 6.45) is 1.52. The number of benzene rings is 1. The summed E-state index contributed by atoms with van der Waals surface area (Å²) in [4.78, 5) is 20.7. The molecule has 4 aromatic rings. The number of carbonyl (C=O) groups excluding carboxylic acids is 1. The van der Waals surface area contributed by atoms with E-state index in [1.165, 1.54) is 6.26 Å². The maximum absolute atomic E-state index is 12.8. The zero-order chi connectivity index (χ0) is 20.5. The number of amides is 1. The van der Waals surface area contributed by atoms with E-state index in [1.807, 2.05) is 29.2 Å². The van der Waals surface area contributed by atoms with Gasteiger partial charge in [0.05, 0.1) is 11.8 Å². The first-order valence-electron chi connectivity index (χ1n) is 9.48. The zero-order valence-corrected chi connectivity index (χ0v) is 15.9. The molecule has 10 heteroatoms. The Morgan fingerprint density at radius 2 is 1.97 bits per heavy atom. The van der Waals surface area contributed by atoms with Crippen molar-refractivity contribution < 1.29 is 13.6 Å². The van der Waals surface area contributed by atoms with E-state index < -0.39 is 0 Å². The minimum absolute atomic E-state index is 0.0281. The molecule has 10 nitrogen and oxygen atoms in total. The third-order valence-corrected chi connectivity index (χ3v) is 5.07. The first-order valence-corrected chi connectivity index (χ1v) is 9.48. The molecule has 1 saturated heterocycles. The molecule has 3 aromatic heterocycles. The molecule has 4 heterocycles. The summed E-state index contributed by atoms with van der Waals surface area (Å²) < 4.78 is 12.7. The Morgan fingerprint density at radius 1 is 1.13 bits per heavy atom. The van der Waals surface area contributed by atoms with Gasteiger partial charge >= 0.3 is 0 Å².